The van der Waals surface area contributed by atoms with Crippen LogP contribution >= 0.6 is 34.3 Å². The maximum absolute atomic E-state index is 12.4. The van der Waals surface area contributed by atoms with Crippen LogP contribution in [0.4, 0.5) is 5.69 Å². The molecule has 0 atom stereocenters. The van der Waals surface area contributed by atoms with E-state index >= 15 is 0 Å². The predicted octanol–water partition coefficient (Wildman–Crippen LogP) is 5.91. The van der Waals surface area contributed by atoms with Crippen LogP contribution in [0.3, 0.4) is 0 Å². The highest BCUT2D eigenvalue weighted by Crippen LogP contribution is 2.33. The number of aromatic nitrogens is 3. The number of benzene rings is 1. The fourth-order valence-corrected chi connectivity index (χ4v) is 5.51. The molecule has 5 nitrogen and oxygen atoms in total. The van der Waals surface area contributed by atoms with Gasteiger partial charge in [0.2, 0.25) is 5.91 Å². The van der Waals surface area contributed by atoms with Gasteiger partial charge in [-0.1, -0.05) is 23.7 Å². The number of aryl methyl sites for hydroxylation is 2. The number of rotatable bonds is 5. The Morgan fingerprint density at radius 2 is 2.00 bits per heavy atom. The van der Waals surface area contributed by atoms with E-state index in [1.54, 1.807) is 0 Å². The molecule has 0 bridgehead atoms. The van der Waals surface area contributed by atoms with E-state index < -0.39 is 0 Å². The van der Waals surface area contributed by atoms with Crippen molar-refractivity contribution in [3.63, 3.8) is 0 Å². The van der Waals surface area contributed by atoms with E-state index in [9.17, 15) is 4.79 Å². The van der Waals surface area contributed by atoms with Gasteiger partial charge in [0, 0.05) is 35.8 Å². The lowest BCUT2D eigenvalue weighted by atomic mass is 10.1. The van der Waals surface area contributed by atoms with Gasteiger partial charge in [-0.3, -0.25) is 4.79 Å². The number of halogens is 1. The average molecular weight is 455 g/mol. The first-order valence-electron chi connectivity index (χ1n) is 9.80. The molecule has 0 saturated heterocycles. The van der Waals surface area contributed by atoms with Gasteiger partial charge in [0.1, 0.15) is 10.8 Å². The molecular formula is C22H19ClN4OS2. The molecule has 0 radical (unpaired) electrons. The summed E-state index contributed by atoms with van der Waals surface area (Å²) in [6.07, 6.45) is 5.85. The summed E-state index contributed by atoms with van der Waals surface area (Å²) in [6, 6.07) is 11.7. The number of thiophene rings is 1. The second-order valence-electron chi connectivity index (χ2n) is 7.24. The Hall–Kier alpha value is -2.48. The molecule has 4 heterocycles. The van der Waals surface area contributed by atoms with Crippen molar-refractivity contribution in [2.75, 3.05) is 5.32 Å². The molecule has 0 fully saturated rings. The second-order valence-corrected chi connectivity index (χ2v) is 9.82. The van der Waals surface area contributed by atoms with Gasteiger partial charge in [-0.2, -0.15) is 0 Å². The summed E-state index contributed by atoms with van der Waals surface area (Å²) >= 11 is 9.01. The van der Waals surface area contributed by atoms with E-state index in [4.69, 9.17) is 16.6 Å². The quantitative estimate of drug-likeness (QED) is 0.408. The largest absolute Gasteiger partial charge is 0.334 e. The molecule has 0 aliphatic carbocycles. The molecule has 1 amide bonds. The van der Waals surface area contributed by atoms with E-state index in [0.717, 1.165) is 49.8 Å². The molecule has 0 saturated carbocycles. The molecule has 8 heteroatoms. The molecule has 1 aromatic carbocycles. The number of amides is 1. The number of thiazole rings is 1. The Labute approximate surface area is 187 Å². The minimum atomic E-state index is -0.0822. The zero-order valence-corrected chi connectivity index (χ0v) is 18.5. The van der Waals surface area contributed by atoms with E-state index in [1.807, 2.05) is 41.8 Å². The van der Waals surface area contributed by atoms with Crippen LogP contribution in [0, 0.1) is 0 Å². The van der Waals surface area contributed by atoms with Gasteiger partial charge >= 0.3 is 0 Å². The van der Waals surface area contributed by atoms with Crippen LogP contribution in [-0.2, 0) is 24.2 Å². The number of hydrogen-bond acceptors (Lipinski definition) is 5. The van der Waals surface area contributed by atoms with Crippen LogP contribution in [0.1, 0.15) is 24.4 Å². The Kier molecular flexibility index (Phi) is 5.41. The Morgan fingerprint density at radius 1 is 1.13 bits per heavy atom. The number of anilines is 1. The van der Waals surface area contributed by atoms with Crippen molar-refractivity contribution in [1.29, 1.82) is 0 Å². The number of carbonyl (C=O) groups is 1. The minimum absolute atomic E-state index is 0.0822. The summed E-state index contributed by atoms with van der Waals surface area (Å²) in [4.78, 5) is 22.8. The molecule has 30 heavy (non-hydrogen) atoms. The monoisotopic (exact) mass is 454 g/mol. The summed E-state index contributed by atoms with van der Waals surface area (Å²) < 4.78 is 2.99. The van der Waals surface area contributed by atoms with Gasteiger partial charge in [-0.05, 0) is 37.1 Å². The van der Waals surface area contributed by atoms with Crippen LogP contribution in [0.5, 0.6) is 0 Å². The van der Waals surface area contributed by atoms with Crippen LogP contribution in [0.25, 0.3) is 21.1 Å². The van der Waals surface area contributed by atoms with Gasteiger partial charge in [-0.15, -0.1) is 22.7 Å². The zero-order valence-electron chi connectivity index (χ0n) is 16.1. The number of imidazole rings is 1. The summed E-state index contributed by atoms with van der Waals surface area (Å²) in [5.41, 5.74) is 3.59. The summed E-state index contributed by atoms with van der Waals surface area (Å²) in [6.45, 7) is 1.05. The third-order valence-electron chi connectivity index (χ3n) is 5.05. The van der Waals surface area contributed by atoms with Crippen molar-refractivity contribution < 1.29 is 4.79 Å². The van der Waals surface area contributed by atoms with E-state index in [-0.39, 0.29) is 12.3 Å². The minimum Gasteiger partial charge on any atom is -0.334 e. The van der Waals surface area contributed by atoms with Gasteiger partial charge in [0.25, 0.3) is 0 Å². The first kappa shape index (κ1) is 19.5. The third kappa shape index (κ3) is 4.19. The lowest BCUT2D eigenvalue weighted by Gasteiger charge is -2.11. The topological polar surface area (TPSA) is 59.8 Å². The van der Waals surface area contributed by atoms with Crippen molar-refractivity contribution in [3.05, 3.63) is 63.8 Å². The van der Waals surface area contributed by atoms with Crippen molar-refractivity contribution in [2.24, 2.45) is 0 Å². The number of hydrogen-bond donors (Lipinski definition) is 1. The smallest absolute Gasteiger partial charge is 0.230 e. The van der Waals surface area contributed by atoms with Gasteiger partial charge in [0.15, 0.2) is 0 Å². The van der Waals surface area contributed by atoms with Crippen molar-refractivity contribution in [2.45, 2.75) is 32.2 Å². The number of fused-ring (bicyclic) bond motifs is 1. The number of carbonyl (C=O) groups excluding carboxylic acids is 1. The fraction of sp³-hybridized carbons (Fsp3) is 0.227. The highest BCUT2D eigenvalue weighted by atomic mass is 35.5. The fourth-order valence-electron chi connectivity index (χ4n) is 3.58. The van der Waals surface area contributed by atoms with E-state index in [0.29, 0.717) is 0 Å². The lowest BCUT2D eigenvalue weighted by molar-refractivity contribution is -0.115. The van der Waals surface area contributed by atoms with Crippen LogP contribution in [0.2, 0.25) is 4.34 Å². The highest BCUT2D eigenvalue weighted by molar-refractivity contribution is 7.23. The first-order chi connectivity index (χ1) is 14.6. The summed E-state index contributed by atoms with van der Waals surface area (Å²) in [5.74, 6) is 1.09. The van der Waals surface area contributed by atoms with Gasteiger partial charge < -0.3 is 9.88 Å². The van der Waals surface area contributed by atoms with E-state index in [1.165, 1.54) is 41.3 Å². The van der Waals surface area contributed by atoms with Crippen molar-refractivity contribution in [3.8, 4) is 21.1 Å². The van der Waals surface area contributed by atoms with Crippen LogP contribution < -0.4 is 5.32 Å². The molecule has 152 valence electrons. The Balaban J connectivity index is 1.22. The van der Waals surface area contributed by atoms with Crippen molar-refractivity contribution >= 4 is 45.9 Å². The Morgan fingerprint density at radius 3 is 2.77 bits per heavy atom. The van der Waals surface area contributed by atoms with Crippen molar-refractivity contribution in [1.82, 2.24) is 14.5 Å². The second kappa shape index (κ2) is 8.34. The highest BCUT2D eigenvalue weighted by Gasteiger charge is 2.14. The van der Waals surface area contributed by atoms with Crippen LogP contribution in [-0.4, -0.2) is 20.4 Å². The SMILES string of the molecule is O=C(Cc1csc(-c2ccc(Cl)s2)n1)Nc1ccc(-c2cn3c(n2)CCCC3)cc1. The molecule has 0 spiro atoms. The molecule has 4 aromatic rings. The molecule has 1 aliphatic heterocycles. The zero-order chi connectivity index (χ0) is 20.5. The predicted molar refractivity (Wildman–Crippen MR) is 123 cm³/mol. The summed E-state index contributed by atoms with van der Waals surface area (Å²) in [5, 5.41) is 5.77. The average Bonchev–Trinajstić information content (AvgIpc) is 3.47. The summed E-state index contributed by atoms with van der Waals surface area (Å²) in [7, 11) is 0. The molecule has 0 unspecified atom stereocenters. The van der Waals surface area contributed by atoms with E-state index in [2.05, 4.69) is 21.1 Å². The molecule has 3 aromatic heterocycles. The Bertz CT molecular complexity index is 1170. The number of nitrogens with zero attached hydrogens (tertiary/aromatic N) is 3. The normalized spacial score (nSPS) is 13.2. The molecule has 1 aliphatic rings. The van der Waals surface area contributed by atoms with Crippen LogP contribution in [0.15, 0.2) is 48.0 Å². The maximum Gasteiger partial charge on any atom is 0.230 e. The molecule has 1 N–H and O–H groups in total. The first-order valence-corrected chi connectivity index (χ1v) is 11.9. The molecule has 5 rings (SSSR count). The maximum atomic E-state index is 12.4. The number of nitrogens with one attached hydrogen (secondary N) is 1. The van der Waals surface area contributed by atoms with Gasteiger partial charge in [0.05, 0.1) is 27.0 Å². The standard InChI is InChI=1S/C22H19ClN4OS2/c23-19-9-8-18(30-19)22-25-16(13-29-22)11-21(28)24-15-6-4-14(5-7-15)17-12-27-10-2-1-3-20(27)26-17/h4-9,12-13H,1-3,10-11H2,(H,24,28). The third-order valence-corrected chi connectivity index (χ3v) is 7.34. The van der Waals surface area contributed by atoms with Gasteiger partial charge in [-0.25, -0.2) is 9.97 Å². The molecular weight excluding hydrogens is 436 g/mol. The lowest BCUT2D eigenvalue weighted by Crippen LogP contribution is -2.14.